The van der Waals surface area contributed by atoms with E-state index in [9.17, 15) is 9.59 Å². The summed E-state index contributed by atoms with van der Waals surface area (Å²) in [6.45, 7) is 0.319. The molecule has 0 unspecified atom stereocenters. The molecule has 0 aliphatic rings. The van der Waals surface area contributed by atoms with E-state index in [0.29, 0.717) is 33.4 Å². The molecule has 1 N–H and O–H groups in total. The van der Waals surface area contributed by atoms with Gasteiger partial charge < -0.3 is 9.73 Å². The lowest BCUT2D eigenvalue weighted by molar-refractivity contribution is -0.118. The van der Waals surface area contributed by atoms with E-state index in [1.54, 1.807) is 34.3 Å². The number of para-hydroxylation sites is 1. The first kappa shape index (κ1) is 20.7. The van der Waals surface area contributed by atoms with Crippen molar-refractivity contribution in [2.24, 2.45) is 0 Å². The molecule has 32 heavy (non-hydrogen) atoms. The molecule has 1 amide bonds. The molecular formula is C23H17N3O3S3. The maximum Gasteiger partial charge on any atom is 0.268 e. The molecule has 0 saturated heterocycles. The van der Waals surface area contributed by atoms with Gasteiger partial charge in [-0.1, -0.05) is 36.0 Å². The van der Waals surface area contributed by atoms with Crippen molar-refractivity contribution >= 4 is 50.6 Å². The van der Waals surface area contributed by atoms with Crippen molar-refractivity contribution in [2.45, 2.75) is 11.7 Å². The number of aromatic nitrogens is 2. The maximum absolute atomic E-state index is 13.7. The molecule has 0 saturated carbocycles. The van der Waals surface area contributed by atoms with Gasteiger partial charge in [0.15, 0.2) is 5.16 Å². The number of hydrogen-bond donors (Lipinski definition) is 1. The zero-order valence-corrected chi connectivity index (χ0v) is 19.1. The number of amides is 1. The molecule has 0 atom stereocenters. The summed E-state index contributed by atoms with van der Waals surface area (Å²) < 4.78 is 6.84. The van der Waals surface area contributed by atoms with E-state index in [1.165, 1.54) is 23.1 Å². The Morgan fingerprint density at radius 1 is 1.09 bits per heavy atom. The first-order valence-corrected chi connectivity index (χ1v) is 12.5. The molecule has 0 bridgehead atoms. The molecule has 0 aliphatic heterocycles. The first-order valence-electron chi connectivity index (χ1n) is 9.76. The van der Waals surface area contributed by atoms with Gasteiger partial charge in [-0.05, 0) is 35.7 Å². The summed E-state index contributed by atoms with van der Waals surface area (Å²) in [7, 11) is 0. The number of hydrogen-bond acceptors (Lipinski definition) is 7. The van der Waals surface area contributed by atoms with Crippen molar-refractivity contribution in [1.29, 1.82) is 0 Å². The minimum Gasteiger partial charge on any atom is -0.467 e. The topological polar surface area (TPSA) is 77.1 Å². The van der Waals surface area contributed by atoms with E-state index in [4.69, 9.17) is 9.40 Å². The fourth-order valence-corrected chi connectivity index (χ4v) is 5.91. The van der Waals surface area contributed by atoms with Crippen molar-refractivity contribution in [1.82, 2.24) is 14.9 Å². The van der Waals surface area contributed by atoms with E-state index < -0.39 is 0 Å². The third-order valence-electron chi connectivity index (χ3n) is 4.75. The van der Waals surface area contributed by atoms with E-state index in [0.717, 1.165) is 10.4 Å². The number of furan rings is 1. The summed E-state index contributed by atoms with van der Waals surface area (Å²) in [6.07, 6.45) is 1.57. The number of rotatable bonds is 7. The number of nitrogens with zero attached hydrogens (tertiary/aromatic N) is 2. The number of carbonyl (C=O) groups excluding carboxylic acids is 1. The van der Waals surface area contributed by atoms with Crippen LogP contribution in [0.5, 0.6) is 0 Å². The van der Waals surface area contributed by atoms with E-state index in [1.807, 2.05) is 53.2 Å². The van der Waals surface area contributed by atoms with Gasteiger partial charge in [-0.3, -0.25) is 14.2 Å². The van der Waals surface area contributed by atoms with Crippen LogP contribution in [0.1, 0.15) is 5.76 Å². The smallest absolute Gasteiger partial charge is 0.268 e. The Kier molecular flexibility index (Phi) is 5.93. The van der Waals surface area contributed by atoms with Crippen molar-refractivity contribution in [3.05, 3.63) is 87.7 Å². The maximum atomic E-state index is 13.7. The Labute approximate surface area is 195 Å². The van der Waals surface area contributed by atoms with Crippen molar-refractivity contribution < 1.29 is 9.21 Å². The summed E-state index contributed by atoms with van der Waals surface area (Å²) in [5.74, 6) is 0.656. The molecule has 1 aromatic carbocycles. The minimum absolute atomic E-state index is 0.134. The summed E-state index contributed by atoms with van der Waals surface area (Å²) in [6, 6.07) is 17.0. The van der Waals surface area contributed by atoms with E-state index in [-0.39, 0.29) is 17.2 Å². The number of nitrogens with one attached hydrogen (secondary N) is 1. The van der Waals surface area contributed by atoms with Crippen LogP contribution in [0.3, 0.4) is 0 Å². The van der Waals surface area contributed by atoms with Crippen LogP contribution in [-0.2, 0) is 11.3 Å². The van der Waals surface area contributed by atoms with Gasteiger partial charge in [-0.2, -0.15) is 0 Å². The highest BCUT2D eigenvalue weighted by Crippen LogP contribution is 2.35. The van der Waals surface area contributed by atoms with Crippen LogP contribution < -0.4 is 10.9 Å². The molecule has 0 aliphatic carbocycles. The highest BCUT2D eigenvalue weighted by atomic mass is 32.2. The van der Waals surface area contributed by atoms with Crippen LogP contribution >= 0.6 is 34.4 Å². The van der Waals surface area contributed by atoms with Gasteiger partial charge in [-0.15, -0.1) is 22.7 Å². The van der Waals surface area contributed by atoms with E-state index >= 15 is 0 Å². The molecule has 5 aromatic rings. The second kappa shape index (κ2) is 9.15. The molecule has 6 nitrogen and oxygen atoms in total. The average molecular weight is 480 g/mol. The molecule has 0 fully saturated rings. The third-order valence-corrected chi connectivity index (χ3v) is 7.46. The summed E-state index contributed by atoms with van der Waals surface area (Å²) in [4.78, 5) is 32.5. The Balaban J connectivity index is 1.50. The Hall–Kier alpha value is -3.14. The predicted molar refractivity (Wildman–Crippen MR) is 130 cm³/mol. The second-order valence-corrected chi connectivity index (χ2v) is 9.57. The van der Waals surface area contributed by atoms with Gasteiger partial charge in [-0.25, -0.2) is 4.98 Å². The molecule has 5 rings (SSSR count). The number of fused-ring (bicyclic) bond motifs is 1. The molecule has 0 spiro atoms. The van der Waals surface area contributed by atoms with Crippen LogP contribution in [0.4, 0.5) is 0 Å². The van der Waals surface area contributed by atoms with Gasteiger partial charge >= 0.3 is 0 Å². The average Bonchev–Trinajstić information content (AvgIpc) is 3.58. The lowest BCUT2D eigenvalue weighted by atomic mass is 10.2. The van der Waals surface area contributed by atoms with Gasteiger partial charge in [0.1, 0.15) is 10.6 Å². The normalized spacial score (nSPS) is 11.1. The van der Waals surface area contributed by atoms with Crippen LogP contribution in [0, 0.1) is 0 Å². The summed E-state index contributed by atoms with van der Waals surface area (Å²) >= 11 is 4.28. The summed E-state index contributed by atoms with van der Waals surface area (Å²) in [5, 5.41) is 7.89. The molecule has 4 aromatic heterocycles. The van der Waals surface area contributed by atoms with E-state index in [2.05, 4.69) is 5.32 Å². The fourth-order valence-electron chi connectivity index (χ4n) is 3.27. The monoisotopic (exact) mass is 479 g/mol. The summed E-state index contributed by atoms with van der Waals surface area (Å²) in [5.41, 5.74) is 1.48. The third kappa shape index (κ3) is 4.14. The zero-order chi connectivity index (χ0) is 21.9. The van der Waals surface area contributed by atoms with Gasteiger partial charge in [0.25, 0.3) is 5.56 Å². The van der Waals surface area contributed by atoms with Crippen LogP contribution in [0.2, 0.25) is 0 Å². The molecular weight excluding hydrogens is 462 g/mol. The Morgan fingerprint density at radius 2 is 1.97 bits per heavy atom. The Bertz CT molecular complexity index is 1410. The standard InChI is InChI=1S/C23H17N3O3S3/c27-19(24-12-16-8-4-10-29-16)14-32-23-25-21-20(17(13-31-21)18-9-5-11-30-18)22(28)26(23)15-6-2-1-3-7-15/h1-11,13H,12,14H2,(H,24,27). The van der Waals surface area contributed by atoms with Gasteiger partial charge in [0, 0.05) is 15.8 Å². The Morgan fingerprint density at radius 3 is 2.72 bits per heavy atom. The fraction of sp³-hybridized carbons (Fsp3) is 0.0870. The quantitative estimate of drug-likeness (QED) is 0.257. The lowest BCUT2D eigenvalue weighted by Crippen LogP contribution is -2.26. The number of carbonyl (C=O) groups is 1. The predicted octanol–water partition coefficient (Wildman–Crippen LogP) is 5.18. The number of benzene rings is 1. The number of thioether (sulfide) groups is 1. The van der Waals surface area contributed by atoms with Crippen molar-refractivity contribution in [3.63, 3.8) is 0 Å². The van der Waals surface area contributed by atoms with Crippen molar-refractivity contribution in [3.8, 4) is 16.1 Å². The highest BCUT2D eigenvalue weighted by molar-refractivity contribution is 7.99. The van der Waals surface area contributed by atoms with Crippen LogP contribution in [0.25, 0.3) is 26.3 Å². The first-order chi connectivity index (χ1) is 15.7. The van der Waals surface area contributed by atoms with Crippen molar-refractivity contribution in [2.75, 3.05) is 5.75 Å². The van der Waals surface area contributed by atoms with Gasteiger partial charge in [0.2, 0.25) is 5.91 Å². The molecule has 9 heteroatoms. The minimum atomic E-state index is -0.161. The second-order valence-electron chi connectivity index (χ2n) is 6.82. The van der Waals surface area contributed by atoms with Gasteiger partial charge in [0.05, 0.1) is 29.6 Å². The number of thiophene rings is 2. The highest BCUT2D eigenvalue weighted by Gasteiger charge is 2.19. The largest absolute Gasteiger partial charge is 0.467 e. The lowest BCUT2D eigenvalue weighted by Gasteiger charge is -2.12. The SMILES string of the molecule is O=C(CSc1nc2scc(-c3cccs3)c2c(=O)n1-c1ccccc1)NCc1ccco1. The van der Waals surface area contributed by atoms with Crippen LogP contribution in [0.15, 0.2) is 86.0 Å². The molecule has 0 radical (unpaired) electrons. The zero-order valence-electron chi connectivity index (χ0n) is 16.7. The molecule has 160 valence electrons. The molecule has 4 heterocycles. The van der Waals surface area contributed by atoms with Crippen LogP contribution in [-0.4, -0.2) is 21.2 Å².